The first kappa shape index (κ1) is 15.5. The van der Waals surface area contributed by atoms with E-state index in [1.165, 1.54) is 23.3 Å². The highest BCUT2D eigenvalue weighted by atomic mass is 32.1. The molecule has 1 aliphatic carbocycles. The summed E-state index contributed by atoms with van der Waals surface area (Å²) in [4.78, 5) is 12.6. The molecule has 2 heterocycles. The minimum Gasteiger partial charge on any atom is -0.339 e. The molecule has 2 aromatic heterocycles. The number of hydrogen-bond donors (Lipinski definition) is 0. The van der Waals surface area contributed by atoms with Crippen molar-refractivity contribution in [3.63, 3.8) is 0 Å². The summed E-state index contributed by atoms with van der Waals surface area (Å²) in [6.45, 7) is 4.44. The molecule has 124 valence electrons. The smallest absolute Gasteiger partial charge is 0.229 e. The van der Waals surface area contributed by atoms with Crippen LogP contribution in [-0.4, -0.2) is 20.0 Å². The average molecular weight is 340 g/mol. The van der Waals surface area contributed by atoms with E-state index >= 15 is 0 Å². The number of nitrogens with zero attached hydrogens (tertiary/aromatic N) is 4. The lowest BCUT2D eigenvalue weighted by Gasteiger charge is -2.20. The second-order valence-electron chi connectivity index (χ2n) is 6.31. The van der Waals surface area contributed by atoms with Crippen LogP contribution in [-0.2, 0) is 19.6 Å². The molecule has 0 unspecified atom stereocenters. The molecule has 0 radical (unpaired) electrons. The standard InChI is InChI=1S/C18H20N4OS/c1-13-16(24-12-19-13)10-22(9-14-5-3-2-4-6-14)11-17-20-18(23-21-17)15-7-8-15/h2-6,12,15H,7-11H2,1H3. The Balaban J connectivity index is 1.50. The van der Waals surface area contributed by atoms with Gasteiger partial charge in [-0.05, 0) is 25.3 Å². The van der Waals surface area contributed by atoms with Crippen molar-refractivity contribution < 1.29 is 4.52 Å². The Kier molecular flexibility index (Phi) is 4.40. The molecule has 0 atom stereocenters. The van der Waals surface area contributed by atoms with E-state index in [9.17, 15) is 0 Å². The van der Waals surface area contributed by atoms with Crippen molar-refractivity contribution in [3.8, 4) is 0 Å². The van der Waals surface area contributed by atoms with Crippen LogP contribution in [0.2, 0.25) is 0 Å². The highest BCUT2D eigenvalue weighted by Gasteiger charge is 2.29. The number of hydrogen-bond acceptors (Lipinski definition) is 6. The summed E-state index contributed by atoms with van der Waals surface area (Å²) in [6.07, 6.45) is 2.35. The third kappa shape index (κ3) is 3.71. The van der Waals surface area contributed by atoms with Crippen molar-refractivity contribution in [3.05, 3.63) is 63.7 Å². The molecule has 0 spiro atoms. The molecule has 1 aliphatic rings. The van der Waals surface area contributed by atoms with Crippen LogP contribution in [0.3, 0.4) is 0 Å². The van der Waals surface area contributed by atoms with E-state index in [0.29, 0.717) is 12.5 Å². The Morgan fingerprint density at radius 3 is 2.71 bits per heavy atom. The molecule has 3 aromatic rings. The Morgan fingerprint density at radius 1 is 1.17 bits per heavy atom. The Hall–Kier alpha value is -2.05. The average Bonchev–Trinajstić information content (AvgIpc) is 3.22. The molecule has 1 saturated carbocycles. The quantitative estimate of drug-likeness (QED) is 0.652. The minimum atomic E-state index is 0.498. The van der Waals surface area contributed by atoms with Gasteiger partial charge in [-0.3, -0.25) is 4.90 Å². The molecule has 5 nitrogen and oxygen atoms in total. The summed E-state index contributed by atoms with van der Waals surface area (Å²) < 4.78 is 5.40. The van der Waals surface area contributed by atoms with E-state index in [4.69, 9.17) is 4.52 Å². The number of rotatable bonds is 7. The summed E-state index contributed by atoms with van der Waals surface area (Å²) >= 11 is 1.70. The summed E-state index contributed by atoms with van der Waals surface area (Å²) in [5.41, 5.74) is 4.29. The third-order valence-electron chi connectivity index (χ3n) is 4.24. The van der Waals surface area contributed by atoms with Gasteiger partial charge in [-0.2, -0.15) is 4.98 Å². The van der Waals surface area contributed by atoms with Crippen molar-refractivity contribution in [2.45, 2.75) is 45.3 Å². The lowest BCUT2D eigenvalue weighted by Crippen LogP contribution is -2.23. The van der Waals surface area contributed by atoms with E-state index in [1.807, 2.05) is 11.6 Å². The van der Waals surface area contributed by atoms with Gasteiger partial charge in [0.25, 0.3) is 0 Å². The molecule has 0 aliphatic heterocycles. The van der Waals surface area contributed by atoms with Gasteiger partial charge >= 0.3 is 0 Å². The van der Waals surface area contributed by atoms with Crippen LogP contribution in [0, 0.1) is 6.92 Å². The Morgan fingerprint density at radius 2 is 2.00 bits per heavy atom. The van der Waals surface area contributed by atoms with Crippen LogP contribution in [0.25, 0.3) is 0 Å². The second-order valence-corrected chi connectivity index (χ2v) is 7.25. The van der Waals surface area contributed by atoms with Crippen molar-refractivity contribution in [2.24, 2.45) is 0 Å². The van der Waals surface area contributed by atoms with Crippen LogP contribution in [0.1, 0.15) is 46.6 Å². The SMILES string of the molecule is Cc1ncsc1CN(Cc1ccccc1)Cc1noc(C2CC2)n1. The van der Waals surface area contributed by atoms with Gasteiger partial charge in [-0.1, -0.05) is 35.5 Å². The van der Waals surface area contributed by atoms with E-state index < -0.39 is 0 Å². The molecule has 0 bridgehead atoms. The molecule has 4 rings (SSSR count). The molecular formula is C18H20N4OS. The third-order valence-corrected chi connectivity index (χ3v) is 5.16. The monoisotopic (exact) mass is 340 g/mol. The number of aryl methyl sites for hydroxylation is 1. The fraction of sp³-hybridized carbons (Fsp3) is 0.389. The van der Waals surface area contributed by atoms with E-state index in [2.05, 4.69) is 51.2 Å². The zero-order valence-electron chi connectivity index (χ0n) is 13.7. The molecular weight excluding hydrogens is 320 g/mol. The van der Waals surface area contributed by atoms with Gasteiger partial charge in [-0.25, -0.2) is 4.98 Å². The van der Waals surface area contributed by atoms with Crippen molar-refractivity contribution in [1.29, 1.82) is 0 Å². The fourth-order valence-electron chi connectivity index (χ4n) is 2.72. The molecule has 24 heavy (non-hydrogen) atoms. The lowest BCUT2D eigenvalue weighted by molar-refractivity contribution is 0.238. The van der Waals surface area contributed by atoms with Crippen LogP contribution < -0.4 is 0 Å². The normalized spacial score (nSPS) is 14.4. The number of aromatic nitrogens is 3. The van der Waals surface area contributed by atoms with Crippen molar-refractivity contribution in [2.75, 3.05) is 0 Å². The van der Waals surface area contributed by atoms with Crippen LogP contribution in [0.4, 0.5) is 0 Å². The number of benzene rings is 1. The Bertz CT molecular complexity index is 794. The maximum Gasteiger partial charge on any atom is 0.229 e. The van der Waals surface area contributed by atoms with Crippen LogP contribution in [0.5, 0.6) is 0 Å². The first-order chi connectivity index (χ1) is 11.8. The maximum atomic E-state index is 5.40. The first-order valence-corrected chi connectivity index (χ1v) is 9.13. The van der Waals surface area contributed by atoms with Crippen molar-refractivity contribution >= 4 is 11.3 Å². The first-order valence-electron chi connectivity index (χ1n) is 8.25. The van der Waals surface area contributed by atoms with Gasteiger partial charge in [0.2, 0.25) is 5.89 Å². The molecule has 6 heteroatoms. The summed E-state index contributed by atoms with van der Waals surface area (Å²) in [5.74, 6) is 2.08. The molecule has 0 amide bonds. The van der Waals surface area contributed by atoms with Gasteiger partial charge in [0.15, 0.2) is 5.82 Å². The van der Waals surface area contributed by atoms with Gasteiger partial charge in [0.1, 0.15) is 0 Å². The molecule has 0 saturated heterocycles. The van der Waals surface area contributed by atoms with Gasteiger partial charge in [0.05, 0.1) is 17.7 Å². The maximum absolute atomic E-state index is 5.40. The summed E-state index contributed by atoms with van der Waals surface area (Å²) in [7, 11) is 0. The summed E-state index contributed by atoms with van der Waals surface area (Å²) in [5, 5.41) is 4.17. The van der Waals surface area contributed by atoms with Gasteiger partial charge in [-0.15, -0.1) is 11.3 Å². The van der Waals surface area contributed by atoms with Gasteiger partial charge < -0.3 is 4.52 Å². The number of thiazole rings is 1. The molecule has 0 N–H and O–H groups in total. The largest absolute Gasteiger partial charge is 0.339 e. The highest BCUT2D eigenvalue weighted by Crippen LogP contribution is 2.38. The predicted molar refractivity (Wildman–Crippen MR) is 92.5 cm³/mol. The molecule has 1 fully saturated rings. The van der Waals surface area contributed by atoms with Crippen LogP contribution in [0.15, 0.2) is 40.4 Å². The minimum absolute atomic E-state index is 0.498. The topological polar surface area (TPSA) is 55.1 Å². The van der Waals surface area contributed by atoms with E-state index in [-0.39, 0.29) is 0 Å². The van der Waals surface area contributed by atoms with E-state index in [0.717, 1.165) is 30.5 Å². The van der Waals surface area contributed by atoms with E-state index in [1.54, 1.807) is 11.3 Å². The van der Waals surface area contributed by atoms with Gasteiger partial charge in [0, 0.05) is 23.9 Å². The van der Waals surface area contributed by atoms with Crippen LogP contribution >= 0.6 is 11.3 Å². The zero-order valence-corrected chi connectivity index (χ0v) is 14.5. The zero-order chi connectivity index (χ0) is 16.4. The molecule has 1 aromatic carbocycles. The van der Waals surface area contributed by atoms with Crippen molar-refractivity contribution in [1.82, 2.24) is 20.0 Å². The lowest BCUT2D eigenvalue weighted by atomic mass is 10.2. The fourth-order valence-corrected chi connectivity index (χ4v) is 3.54. The highest BCUT2D eigenvalue weighted by molar-refractivity contribution is 7.09. The summed E-state index contributed by atoms with van der Waals surface area (Å²) in [6, 6.07) is 10.5. The predicted octanol–water partition coefficient (Wildman–Crippen LogP) is 3.91. The second kappa shape index (κ2) is 6.83. The Labute approximate surface area is 145 Å².